The molecule has 1 fully saturated rings. The Kier molecular flexibility index (Phi) is 7.83. The van der Waals surface area contributed by atoms with Crippen LogP contribution in [0, 0.1) is 11.3 Å². The maximum atomic E-state index is 13.5. The number of carbonyl (C=O) groups excluding carboxylic acids is 3. The first-order valence-electron chi connectivity index (χ1n) is 11.3. The van der Waals surface area contributed by atoms with Crippen LogP contribution in [0.2, 0.25) is 0 Å². The first kappa shape index (κ1) is 24.8. The number of rotatable bonds is 7. The monoisotopic (exact) mass is 497 g/mol. The van der Waals surface area contributed by atoms with Crippen molar-refractivity contribution in [3.05, 3.63) is 107 Å². The molecule has 2 amide bonds. The van der Waals surface area contributed by atoms with Gasteiger partial charge in [0.05, 0.1) is 17.4 Å². The molecule has 1 saturated heterocycles. The Hall–Kier alpha value is -4.35. The number of nitrogens with one attached hydrogen (secondary N) is 1. The fourth-order valence-corrected chi connectivity index (χ4v) is 5.03. The first-order valence-corrected chi connectivity index (χ1v) is 12.2. The van der Waals surface area contributed by atoms with Gasteiger partial charge in [-0.05, 0) is 55.3 Å². The highest BCUT2D eigenvalue weighted by Crippen LogP contribution is 2.42. The SMILES string of the molecule is CCOC(=O)c1ccc(CC2SC(=C(C#N)C(=O)Nc3ccccc3)N(c3ccccc3)C2=O)cc1. The summed E-state index contributed by atoms with van der Waals surface area (Å²) in [6, 6.07) is 26.7. The number of amides is 2. The van der Waals surface area contributed by atoms with Crippen molar-refractivity contribution in [2.45, 2.75) is 18.6 Å². The minimum absolute atomic E-state index is 0.138. The lowest BCUT2D eigenvalue weighted by atomic mass is 10.1. The van der Waals surface area contributed by atoms with Gasteiger partial charge in [0.1, 0.15) is 16.7 Å². The molecular formula is C28H23N3O4S. The van der Waals surface area contributed by atoms with Crippen molar-refractivity contribution in [2.24, 2.45) is 0 Å². The molecule has 1 N–H and O–H groups in total. The Morgan fingerprint density at radius 1 is 1.00 bits per heavy atom. The molecule has 4 rings (SSSR count). The normalized spacial score (nSPS) is 16.3. The molecule has 0 radical (unpaired) electrons. The molecule has 8 heteroatoms. The van der Waals surface area contributed by atoms with Crippen LogP contribution in [0.15, 0.2) is 95.5 Å². The number of para-hydroxylation sites is 2. The zero-order valence-electron chi connectivity index (χ0n) is 19.5. The van der Waals surface area contributed by atoms with E-state index in [9.17, 15) is 19.6 Å². The topological polar surface area (TPSA) is 99.5 Å². The van der Waals surface area contributed by atoms with Crippen LogP contribution in [0.25, 0.3) is 0 Å². The van der Waals surface area contributed by atoms with Crippen LogP contribution in [0.4, 0.5) is 11.4 Å². The van der Waals surface area contributed by atoms with Crippen LogP contribution in [0.5, 0.6) is 0 Å². The molecule has 1 unspecified atom stereocenters. The van der Waals surface area contributed by atoms with E-state index in [0.717, 1.165) is 5.56 Å². The highest BCUT2D eigenvalue weighted by atomic mass is 32.2. The maximum Gasteiger partial charge on any atom is 0.338 e. The number of ether oxygens (including phenoxy) is 1. The van der Waals surface area contributed by atoms with Crippen LogP contribution in [0.1, 0.15) is 22.8 Å². The Bertz CT molecular complexity index is 1330. The average molecular weight is 498 g/mol. The lowest BCUT2D eigenvalue weighted by molar-refractivity contribution is -0.117. The predicted octanol–water partition coefficient (Wildman–Crippen LogP) is 4.93. The highest BCUT2D eigenvalue weighted by Gasteiger charge is 2.40. The van der Waals surface area contributed by atoms with Crippen LogP contribution < -0.4 is 10.2 Å². The van der Waals surface area contributed by atoms with Gasteiger partial charge in [0, 0.05) is 11.4 Å². The Balaban J connectivity index is 1.64. The van der Waals surface area contributed by atoms with E-state index in [-0.39, 0.29) is 23.1 Å². The van der Waals surface area contributed by atoms with Crippen molar-refractivity contribution in [3.8, 4) is 6.07 Å². The Morgan fingerprint density at radius 3 is 2.25 bits per heavy atom. The van der Waals surface area contributed by atoms with Gasteiger partial charge in [-0.3, -0.25) is 14.5 Å². The number of nitrogens with zero attached hydrogens (tertiary/aromatic N) is 2. The van der Waals surface area contributed by atoms with Crippen molar-refractivity contribution < 1.29 is 19.1 Å². The van der Waals surface area contributed by atoms with Crippen molar-refractivity contribution in [1.29, 1.82) is 5.26 Å². The number of esters is 1. The lowest BCUT2D eigenvalue weighted by Crippen LogP contribution is -2.30. The molecule has 0 spiro atoms. The standard InChI is InChI=1S/C28H23N3O4S/c1-2-35-28(34)20-15-13-19(14-16-20)17-24-26(33)31(22-11-7-4-8-12-22)27(36-24)23(18-29)25(32)30-21-9-5-3-6-10-21/h3-16,24H,2,17H2,1H3,(H,30,32). The molecule has 0 bridgehead atoms. The lowest BCUT2D eigenvalue weighted by Gasteiger charge is -2.18. The predicted molar refractivity (Wildman–Crippen MR) is 139 cm³/mol. The molecule has 1 heterocycles. The summed E-state index contributed by atoms with van der Waals surface area (Å²) in [5.41, 5.74) is 2.26. The van der Waals surface area contributed by atoms with Gasteiger partial charge >= 0.3 is 5.97 Å². The summed E-state index contributed by atoms with van der Waals surface area (Å²) >= 11 is 1.19. The van der Waals surface area contributed by atoms with E-state index in [1.54, 1.807) is 79.7 Å². The number of benzene rings is 3. The molecule has 1 aliphatic rings. The average Bonchev–Trinajstić information content (AvgIpc) is 3.21. The molecule has 1 atom stereocenters. The fourth-order valence-electron chi connectivity index (χ4n) is 3.72. The third-order valence-electron chi connectivity index (χ3n) is 5.44. The van der Waals surface area contributed by atoms with Crippen molar-refractivity contribution in [3.63, 3.8) is 0 Å². The molecular weight excluding hydrogens is 474 g/mol. The van der Waals surface area contributed by atoms with Gasteiger partial charge in [0.2, 0.25) is 5.91 Å². The number of hydrogen-bond acceptors (Lipinski definition) is 6. The molecule has 3 aromatic carbocycles. The molecule has 7 nitrogen and oxygen atoms in total. The van der Waals surface area contributed by atoms with E-state index < -0.39 is 17.1 Å². The zero-order chi connectivity index (χ0) is 25.5. The number of hydrogen-bond donors (Lipinski definition) is 1. The van der Waals surface area contributed by atoms with E-state index in [2.05, 4.69) is 5.32 Å². The summed E-state index contributed by atoms with van der Waals surface area (Å²) in [6.07, 6.45) is 0.360. The summed E-state index contributed by atoms with van der Waals surface area (Å²) < 4.78 is 5.02. The van der Waals surface area contributed by atoms with Crippen LogP contribution in [0.3, 0.4) is 0 Å². The maximum absolute atomic E-state index is 13.5. The second-order valence-electron chi connectivity index (χ2n) is 7.85. The van der Waals surface area contributed by atoms with Crippen LogP contribution in [-0.2, 0) is 20.7 Å². The minimum atomic E-state index is -0.584. The molecule has 0 saturated carbocycles. The molecule has 0 aliphatic carbocycles. The third-order valence-corrected chi connectivity index (χ3v) is 6.70. The fraction of sp³-hybridized carbons (Fsp3) is 0.143. The van der Waals surface area contributed by atoms with Gasteiger partial charge in [-0.25, -0.2) is 4.79 Å². The van der Waals surface area contributed by atoms with Gasteiger partial charge in [0.25, 0.3) is 5.91 Å². The van der Waals surface area contributed by atoms with Crippen molar-refractivity contribution >= 4 is 40.9 Å². The van der Waals surface area contributed by atoms with E-state index >= 15 is 0 Å². The van der Waals surface area contributed by atoms with Crippen molar-refractivity contribution in [1.82, 2.24) is 0 Å². The second kappa shape index (κ2) is 11.4. The highest BCUT2D eigenvalue weighted by molar-refractivity contribution is 8.05. The number of anilines is 2. The van der Waals surface area contributed by atoms with Crippen molar-refractivity contribution in [2.75, 3.05) is 16.8 Å². The van der Waals surface area contributed by atoms with Gasteiger partial charge in [-0.1, -0.05) is 60.3 Å². The summed E-state index contributed by atoms with van der Waals surface area (Å²) in [6.45, 7) is 2.03. The van der Waals surface area contributed by atoms with E-state index in [0.29, 0.717) is 23.4 Å². The summed E-state index contributed by atoms with van der Waals surface area (Å²) in [4.78, 5) is 40.0. The van der Waals surface area contributed by atoms with Gasteiger partial charge < -0.3 is 10.1 Å². The van der Waals surface area contributed by atoms with Crippen LogP contribution in [-0.4, -0.2) is 29.6 Å². The quantitative estimate of drug-likeness (QED) is 0.282. The minimum Gasteiger partial charge on any atom is -0.462 e. The largest absolute Gasteiger partial charge is 0.462 e. The molecule has 36 heavy (non-hydrogen) atoms. The number of carbonyl (C=O) groups is 3. The van der Waals surface area contributed by atoms with Gasteiger partial charge in [0.15, 0.2) is 0 Å². The molecule has 1 aliphatic heterocycles. The Labute approximate surface area is 213 Å². The van der Waals surface area contributed by atoms with E-state index in [4.69, 9.17) is 4.74 Å². The smallest absolute Gasteiger partial charge is 0.338 e. The summed E-state index contributed by atoms with van der Waals surface area (Å²) in [7, 11) is 0. The van der Waals surface area contributed by atoms with Crippen LogP contribution >= 0.6 is 11.8 Å². The second-order valence-corrected chi connectivity index (χ2v) is 9.04. The van der Waals surface area contributed by atoms with E-state index in [1.165, 1.54) is 16.7 Å². The zero-order valence-corrected chi connectivity index (χ0v) is 20.3. The number of nitriles is 1. The Morgan fingerprint density at radius 2 is 1.64 bits per heavy atom. The van der Waals surface area contributed by atoms with Gasteiger partial charge in [-0.15, -0.1) is 0 Å². The summed E-state index contributed by atoms with van der Waals surface area (Å²) in [5, 5.41) is 12.4. The molecule has 180 valence electrons. The van der Waals surface area contributed by atoms with E-state index in [1.807, 2.05) is 18.2 Å². The number of thioether (sulfide) groups is 1. The third kappa shape index (κ3) is 5.48. The summed E-state index contributed by atoms with van der Waals surface area (Å²) in [5.74, 6) is -1.21. The first-order chi connectivity index (χ1) is 17.5. The molecule has 0 aromatic heterocycles. The van der Waals surface area contributed by atoms with Gasteiger partial charge in [-0.2, -0.15) is 5.26 Å². The molecule has 3 aromatic rings.